The number of fused-ring (bicyclic) bond motifs is 1. The van der Waals surface area contributed by atoms with Crippen LogP contribution >= 0.6 is 0 Å². The van der Waals surface area contributed by atoms with Crippen molar-refractivity contribution in [2.75, 3.05) is 25.1 Å². The molecule has 1 unspecified atom stereocenters. The van der Waals surface area contributed by atoms with Crippen LogP contribution in [0.15, 0.2) is 42.5 Å². The zero-order valence-electron chi connectivity index (χ0n) is 9.87. The van der Waals surface area contributed by atoms with Crippen molar-refractivity contribution in [1.29, 1.82) is 0 Å². The smallest absolute Gasteiger partial charge is 0.0945 e. The topological polar surface area (TPSA) is 43.7 Å². The van der Waals surface area contributed by atoms with Gasteiger partial charge in [0.2, 0.25) is 0 Å². The first kappa shape index (κ1) is 11.9. The van der Waals surface area contributed by atoms with Crippen molar-refractivity contribution < 1.29 is 10.2 Å². The molecule has 0 saturated carbocycles. The van der Waals surface area contributed by atoms with E-state index in [-0.39, 0.29) is 6.61 Å². The zero-order chi connectivity index (χ0) is 12.3. The van der Waals surface area contributed by atoms with Gasteiger partial charge in [-0.15, -0.1) is 0 Å². The number of aliphatic hydroxyl groups is 2. The Kier molecular flexibility index (Phi) is 3.61. The van der Waals surface area contributed by atoms with Crippen LogP contribution in [0.25, 0.3) is 10.8 Å². The van der Waals surface area contributed by atoms with Gasteiger partial charge in [-0.2, -0.15) is 0 Å². The number of hydrogen-bond acceptors (Lipinski definition) is 3. The van der Waals surface area contributed by atoms with Gasteiger partial charge in [-0.1, -0.05) is 36.4 Å². The third-order valence-corrected chi connectivity index (χ3v) is 2.87. The molecule has 0 saturated heterocycles. The molecule has 0 spiro atoms. The monoisotopic (exact) mass is 231 g/mol. The van der Waals surface area contributed by atoms with Crippen LogP contribution in [0.4, 0.5) is 5.69 Å². The molecule has 0 radical (unpaired) electrons. The van der Waals surface area contributed by atoms with Crippen LogP contribution in [0.1, 0.15) is 0 Å². The summed E-state index contributed by atoms with van der Waals surface area (Å²) in [5.41, 5.74) is 1.07. The van der Waals surface area contributed by atoms with Crippen LogP contribution in [-0.4, -0.2) is 36.5 Å². The predicted octanol–water partition coefficient (Wildman–Crippen LogP) is 1.63. The molecule has 0 bridgehead atoms. The van der Waals surface area contributed by atoms with Gasteiger partial charge < -0.3 is 15.1 Å². The molecule has 90 valence electrons. The summed E-state index contributed by atoms with van der Waals surface area (Å²) in [6.45, 7) is 0.208. The van der Waals surface area contributed by atoms with Crippen LogP contribution in [-0.2, 0) is 0 Å². The van der Waals surface area contributed by atoms with E-state index in [2.05, 4.69) is 18.2 Å². The second-order valence-corrected chi connectivity index (χ2v) is 4.22. The number of benzene rings is 2. The van der Waals surface area contributed by atoms with E-state index in [0.29, 0.717) is 6.54 Å². The first-order chi connectivity index (χ1) is 8.22. The van der Waals surface area contributed by atoms with Crippen LogP contribution in [0.5, 0.6) is 0 Å². The Morgan fingerprint density at radius 1 is 1.12 bits per heavy atom. The molecule has 2 aromatic rings. The Balaban J connectivity index is 2.34. The van der Waals surface area contributed by atoms with Crippen molar-refractivity contribution in [2.45, 2.75) is 6.10 Å². The Morgan fingerprint density at radius 2 is 1.82 bits per heavy atom. The van der Waals surface area contributed by atoms with Crippen molar-refractivity contribution in [3.63, 3.8) is 0 Å². The molecule has 2 aromatic carbocycles. The Hall–Kier alpha value is -1.58. The SMILES string of the molecule is CN(CC(O)CO)c1cccc2ccccc12. The van der Waals surface area contributed by atoms with Gasteiger partial charge in [-0.3, -0.25) is 0 Å². The highest BCUT2D eigenvalue weighted by molar-refractivity contribution is 5.94. The van der Waals surface area contributed by atoms with Gasteiger partial charge in [0.1, 0.15) is 0 Å². The average molecular weight is 231 g/mol. The van der Waals surface area contributed by atoms with E-state index in [9.17, 15) is 5.11 Å². The van der Waals surface area contributed by atoms with Gasteiger partial charge in [0.25, 0.3) is 0 Å². The molecule has 2 rings (SSSR count). The minimum absolute atomic E-state index is 0.213. The van der Waals surface area contributed by atoms with Gasteiger partial charge in [-0.25, -0.2) is 0 Å². The highest BCUT2D eigenvalue weighted by Gasteiger charge is 2.09. The minimum Gasteiger partial charge on any atom is -0.394 e. The summed E-state index contributed by atoms with van der Waals surface area (Å²) in [6.07, 6.45) is -0.709. The molecule has 0 aliphatic carbocycles. The fraction of sp³-hybridized carbons (Fsp3) is 0.286. The molecule has 2 N–H and O–H groups in total. The molecule has 3 heteroatoms. The fourth-order valence-electron chi connectivity index (χ4n) is 2.01. The van der Waals surface area contributed by atoms with E-state index in [1.165, 1.54) is 5.39 Å². The van der Waals surface area contributed by atoms with Crippen molar-refractivity contribution in [3.8, 4) is 0 Å². The van der Waals surface area contributed by atoms with Gasteiger partial charge in [0.05, 0.1) is 12.7 Å². The fourth-order valence-corrected chi connectivity index (χ4v) is 2.01. The minimum atomic E-state index is -0.709. The molecule has 0 fully saturated rings. The molecule has 1 atom stereocenters. The Morgan fingerprint density at radius 3 is 2.59 bits per heavy atom. The van der Waals surface area contributed by atoms with E-state index in [1.807, 2.05) is 36.2 Å². The summed E-state index contributed by atoms with van der Waals surface area (Å²) < 4.78 is 0. The molecule has 0 aliphatic rings. The molecule has 0 aromatic heterocycles. The first-order valence-corrected chi connectivity index (χ1v) is 5.70. The van der Waals surface area contributed by atoms with Gasteiger partial charge >= 0.3 is 0 Å². The summed E-state index contributed by atoms with van der Waals surface area (Å²) in [4.78, 5) is 1.96. The number of aliphatic hydroxyl groups excluding tert-OH is 2. The third kappa shape index (κ3) is 2.57. The summed E-state index contributed by atoms with van der Waals surface area (Å²) >= 11 is 0. The van der Waals surface area contributed by atoms with Crippen molar-refractivity contribution in [3.05, 3.63) is 42.5 Å². The molecule has 0 heterocycles. The van der Waals surface area contributed by atoms with E-state index in [0.717, 1.165) is 11.1 Å². The largest absolute Gasteiger partial charge is 0.394 e. The van der Waals surface area contributed by atoms with Gasteiger partial charge in [0, 0.05) is 24.7 Å². The van der Waals surface area contributed by atoms with Crippen LogP contribution in [0.2, 0.25) is 0 Å². The quantitative estimate of drug-likeness (QED) is 0.840. The standard InChI is InChI=1S/C14H17NO2/c1-15(9-12(17)10-16)14-8-4-6-11-5-2-3-7-13(11)14/h2-8,12,16-17H,9-10H2,1H3. The maximum Gasteiger partial charge on any atom is 0.0945 e. The number of rotatable bonds is 4. The number of likely N-dealkylation sites (N-methyl/N-ethyl adjacent to an activating group) is 1. The average Bonchev–Trinajstić information content (AvgIpc) is 2.37. The van der Waals surface area contributed by atoms with Gasteiger partial charge in [0.15, 0.2) is 0 Å². The second-order valence-electron chi connectivity index (χ2n) is 4.22. The summed E-state index contributed by atoms with van der Waals surface area (Å²) in [6, 6.07) is 14.2. The van der Waals surface area contributed by atoms with Crippen molar-refractivity contribution >= 4 is 16.5 Å². The Bertz CT molecular complexity index is 493. The lowest BCUT2D eigenvalue weighted by Gasteiger charge is -2.23. The zero-order valence-corrected chi connectivity index (χ0v) is 9.87. The highest BCUT2D eigenvalue weighted by Crippen LogP contribution is 2.25. The number of hydrogen-bond donors (Lipinski definition) is 2. The van der Waals surface area contributed by atoms with Crippen LogP contribution in [0, 0.1) is 0 Å². The van der Waals surface area contributed by atoms with Gasteiger partial charge in [-0.05, 0) is 11.5 Å². The molecule has 3 nitrogen and oxygen atoms in total. The third-order valence-electron chi connectivity index (χ3n) is 2.87. The Labute approximate surface area is 101 Å². The normalized spacial score (nSPS) is 12.6. The molecule has 0 amide bonds. The highest BCUT2D eigenvalue weighted by atomic mass is 16.3. The van der Waals surface area contributed by atoms with E-state index >= 15 is 0 Å². The molecule has 0 aliphatic heterocycles. The first-order valence-electron chi connectivity index (χ1n) is 5.70. The van der Waals surface area contributed by atoms with E-state index in [4.69, 9.17) is 5.11 Å². The lowest BCUT2D eigenvalue weighted by atomic mass is 10.1. The van der Waals surface area contributed by atoms with Crippen molar-refractivity contribution in [1.82, 2.24) is 0 Å². The van der Waals surface area contributed by atoms with Crippen LogP contribution in [0.3, 0.4) is 0 Å². The summed E-state index contributed by atoms with van der Waals surface area (Å²) in [7, 11) is 1.92. The number of anilines is 1. The predicted molar refractivity (Wildman–Crippen MR) is 70.3 cm³/mol. The number of nitrogens with zero attached hydrogens (tertiary/aromatic N) is 1. The summed E-state index contributed by atoms with van der Waals surface area (Å²) in [5, 5.41) is 20.7. The lowest BCUT2D eigenvalue weighted by molar-refractivity contribution is 0.101. The van der Waals surface area contributed by atoms with E-state index in [1.54, 1.807) is 0 Å². The van der Waals surface area contributed by atoms with Crippen molar-refractivity contribution in [2.24, 2.45) is 0 Å². The maximum absolute atomic E-state index is 9.47. The van der Waals surface area contributed by atoms with E-state index < -0.39 is 6.10 Å². The maximum atomic E-state index is 9.47. The second kappa shape index (κ2) is 5.17. The lowest BCUT2D eigenvalue weighted by Crippen LogP contribution is -2.31. The molecular weight excluding hydrogens is 214 g/mol. The summed E-state index contributed by atoms with van der Waals surface area (Å²) in [5.74, 6) is 0. The molecular formula is C14H17NO2. The van der Waals surface area contributed by atoms with Crippen LogP contribution < -0.4 is 4.90 Å². The molecule has 17 heavy (non-hydrogen) atoms.